The van der Waals surface area contributed by atoms with Crippen molar-refractivity contribution in [1.82, 2.24) is 9.55 Å². The number of nitrogens with zero attached hydrogens (tertiary/aromatic N) is 2. The minimum Gasteiger partial charge on any atom is -0.322 e. The van der Waals surface area contributed by atoms with Gasteiger partial charge in [-0.1, -0.05) is 13.8 Å². The average Bonchev–Trinajstić information content (AvgIpc) is 2.80. The van der Waals surface area contributed by atoms with Gasteiger partial charge in [0.15, 0.2) is 0 Å². The lowest BCUT2D eigenvalue weighted by Crippen LogP contribution is -2.29. The number of hydrogen-bond acceptors (Lipinski definition) is 1. The quantitative estimate of drug-likeness (QED) is 0.759. The first kappa shape index (κ1) is 15.1. The fourth-order valence-corrected chi connectivity index (χ4v) is 3.28. The van der Waals surface area contributed by atoms with Crippen LogP contribution in [0.5, 0.6) is 0 Å². The normalized spacial score (nSPS) is 12.4. The zero-order valence-corrected chi connectivity index (χ0v) is 14.3. The summed E-state index contributed by atoms with van der Waals surface area (Å²) in [5.74, 6) is 1.14. The minimum atomic E-state index is 0.151. The molecule has 0 N–H and O–H groups in total. The fourth-order valence-electron chi connectivity index (χ4n) is 3.28. The van der Waals surface area contributed by atoms with Gasteiger partial charge >= 0.3 is 0 Å². The summed E-state index contributed by atoms with van der Waals surface area (Å²) < 4.78 is 2.48. The fraction of sp³-hybridized carbons (Fsp3) is 0.611. The lowest BCUT2D eigenvalue weighted by Gasteiger charge is -2.31. The maximum Gasteiger partial charge on any atom is 0.107 e. The van der Waals surface area contributed by atoms with Gasteiger partial charge in [0.1, 0.15) is 5.82 Å². The van der Waals surface area contributed by atoms with Crippen LogP contribution in [-0.4, -0.2) is 9.55 Å². The van der Waals surface area contributed by atoms with E-state index < -0.39 is 0 Å². The first-order chi connectivity index (χ1) is 9.28. The van der Waals surface area contributed by atoms with Crippen LogP contribution >= 0.6 is 0 Å². The third-order valence-corrected chi connectivity index (χ3v) is 5.51. The largest absolute Gasteiger partial charge is 0.322 e. The summed E-state index contributed by atoms with van der Waals surface area (Å²) in [4.78, 5) is 4.90. The van der Waals surface area contributed by atoms with Crippen LogP contribution in [0.1, 0.15) is 61.7 Å². The van der Waals surface area contributed by atoms with Gasteiger partial charge in [-0.2, -0.15) is 0 Å². The Morgan fingerprint density at radius 2 is 1.35 bits per heavy atom. The number of hydrogen-bond donors (Lipinski definition) is 0. The Bertz CT molecular complexity index is 658. The highest BCUT2D eigenvalue weighted by Crippen LogP contribution is 2.35. The molecule has 0 bridgehead atoms. The molecule has 0 radical (unpaired) electrons. The molecule has 2 heteroatoms. The summed E-state index contributed by atoms with van der Waals surface area (Å²) >= 11 is 0. The molecule has 2 nitrogen and oxygen atoms in total. The molecule has 0 fully saturated rings. The van der Waals surface area contributed by atoms with Crippen LogP contribution in [0.2, 0.25) is 0 Å². The minimum absolute atomic E-state index is 0.151. The highest BCUT2D eigenvalue weighted by Gasteiger charge is 2.28. The molecule has 0 spiro atoms. The monoisotopic (exact) mass is 272 g/mol. The van der Waals surface area contributed by atoms with E-state index in [1.54, 1.807) is 0 Å². The van der Waals surface area contributed by atoms with E-state index in [9.17, 15) is 0 Å². The lowest BCUT2D eigenvalue weighted by atomic mass is 9.92. The van der Waals surface area contributed by atoms with Gasteiger partial charge in [-0.05, 0) is 76.6 Å². The Morgan fingerprint density at radius 1 is 0.850 bits per heavy atom. The third kappa shape index (κ3) is 1.88. The van der Waals surface area contributed by atoms with Crippen molar-refractivity contribution in [1.29, 1.82) is 0 Å². The van der Waals surface area contributed by atoms with Crippen molar-refractivity contribution in [3.63, 3.8) is 0 Å². The summed E-state index contributed by atoms with van der Waals surface area (Å²) in [7, 11) is 0. The second kappa shape index (κ2) is 4.91. The smallest absolute Gasteiger partial charge is 0.107 e. The molecule has 0 saturated carbocycles. The number of rotatable bonds is 3. The maximum atomic E-state index is 4.90. The second-order valence-electron chi connectivity index (χ2n) is 6.40. The molecular formula is C18H28N2. The van der Waals surface area contributed by atoms with Gasteiger partial charge in [-0.3, -0.25) is 0 Å². The van der Waals surface area contributed by atoms with Crippen molar-refractivity contribution in [2.75, 3.05) is 0 Å². The van der Waals surface area contributed by atoms with E-state index in [0.29, 0.717) is 0 Å². The third-order valence-electron chi connectivity index (χ3n) is 5.51. The van der Waals surface area contributed by atoms with Crippen molar-refractivity contribution in [3.05, 3.63) is 28.1 Å². The molecule has 1 heterocycles. The topological polar surface area (TPSA) is 17.8 Å². The first-order valence-corrected chi connectivity index (χ1v) is 7.74. The van der Waals surface area contributed by atoms with E-state index in [1.165, 1.54) is 33.3 Å². The average molecular weight is 272 g/mol. The van der Waals surface area contributed by atoms with Crippen LogP contribution in [0.25, 0.3) is 11.0 Å². The SMILES string of the molecule is CCC(C)(CC)n1c(C)nc2c(C)c(C)c(C)c(C)c21. The van der Waals surface area contributed by atoms with E-state index in [2.05, 4.69) is 60.0 Å². The maximum absolute atomic E-state index is 4.90. The summed E-state index contributed by atoms with van der Waals surface area (Å²) in [6, 6.07) is 0. The molecule has 0 unspecified atom stereocenters. The Kier molecular flexibility index (Phi) is 3.70. The molecule has 20 heavy (non-hydrogen) atoms. The molecule has 0 amide bonds. The molecular weight excluding hydrogens is 244 g/mol. The summed E-state index contributed by atoms with van der Waals surface area (Å²) in [5, 5.41) is 0. The Hall–Kier alpha value is -1.31. The summed E-state index contributed by atoms with van der Waals surface area (Å²) in [5.41, 5.74) is 8.19. The van der Waals surface area contributed by atoms with E-state index >= 15 is 0 Å². The van der Waals surface area contributed by atoms with E-state index in [0.717, 1.165) is 18.7 Å². The Labute approximate surface area is 123 Å². The van der Waals surface area contributed by atoms with Crippen LogP contribution in [-0.2, 0) is 5.54 Å². The zero-order chi connectivity index (χ0) is 15.2. The summed E-state index contributed by atoms with van der Waals surface area (Å²) in [6.45, 7) is 17.9. The predicted octanol–water partition coefficient (Wildman–Crippen LogP) is 5.11. The van der Waals surface area contributed by atoms with Gasteiger partial charge in [0.05, 0.1) is 11.0 Å². The van der Waals surface area contributed by atoms with Gasteiger partial charge in [0, 0.05) is 5.54 Å². The standard InChI is InChI=1S/C18H28N2/c1-9-18(8,10-2)20-15(7)19-16-13(5)11(3)12(4)14(6)17(16)20/h9-10H2,1-8H3. The highest BCUT2D eigenvalue weighted by atomic mass is 15.1. The van der Waals surface area contributed by atoms with Crippen molar-refractivity contribution in [2.24, 2.45) is 0 Å². The van der Waals surface area contributed by atoms with Crippen molar-refractivity contribution < 1.29 is 0 Å². The number of benzene rings is 1. The second-order valence-corrected chi connectivity index (χ2v) is 6.40. The predicted molar refractivity (Wildman–Crippen MR) is 87.6 cm³/mol. The number of fused-ring (bicyclic) bond motifs is 1. The van der Waals surface area contributed by atoms with Crippen molar-refractivity contribution in [2.45, 2.75) is 73.8 Å². The molecule has 2 rings (SSSR count). The van der Waals surface area contributed by atoms with Crippen LogP contribution in [0.4, 0.5) is 0 Å². The van der Waals surface area contributed by atoms with Gasteiger partial charge < -0.3 is 4.57 Å². The van der Waals surface area contributed by atoms with Crippen LogP contribution in [0.15, 0.2) is 0 Å². The molecule has 0 aliphatic heterocycles. The van der Waals surface area contributed by atoms with Crippen molar-refractivity contribution >= 4 is 11.0 Å². The number of imidazole rings is 1. The van der Waals surface area contributed by atoms with Gasteiger partial charge in [0.2, 0.25) is 0 Å². The lowest BCUT2D eigenvalue weighted by molar-refractivity contribution is 0.296. The number of aryl methyl sites for hydroxylation is 3. The Morgan fingerprint density at radius 3 is 1.85 bits per heavy atom. The molecule has 0 atom stereocenters. The molecule has 110 valence electrons. The molecule has 1 aromatic carbocycles. The van der Waals surface area contributed by atoms with Crippen molar-refractivity contribution in [3.8, 4) is 0 Å². The molecule has 0 aliphatic rings. The highest BCUT2D eigenvalue weighted by molar-refractivity contribution is 5.85. The van der Waals surface area contributed by atoms with Gasteiger partial charge in [-0.25, -0.2) is 4.98 Å². The molecule has 0 saturated heterocycles. The van der Waals surface area contributed by atoms with Crippen LogP contribution in [0, 0.1) is 34.6 Å². The van der Waals surface area contributed by atoms with Crippen LogP contribution in [0.3, 0.4) is 0 Å². The van der Waals surface area contributed by atoms with Gasteiger partial charge in [-0.15, -0.1) is 0 Å². The first-order valence-electron chi connectivity index (χ1n) is 7.74. The number of aromatic nitrogens is 2. The molecule has 2 aromatic rings. The van der Waals surface area contributed by atoms with E-state index in [1.807, 2.05) is 0 Å². The van der Waals surface area contributed by atoms with Gasteiger partial charge in [0.25, 0.3) is 0 Å². The molecule has 0 aliphatic carbocycles. The van der Waals surface area contributed by atoms with Crippen LogP contribution < -0.4 is 0 Å². The summed E-state index contributed by atoms with van der Waals surface area (Å²) in [6.07, 6.45) is 2.25. The Balaban J connectivity index is 2.98. The van der Waals surface area contributed by atoms with E-state index in [-0.39, 0.29) is 5.54 Å². The molecule has 1 aromatic heterocycles. The van der Waals surface area contributed by atoms with E-state index in [4.69, 9.17) is 4.98 Å². The zero-order valence-electron chi connectivity index (χ0n) is 14.3.